The van der Waals surface area contributed by atoms with E-state index in [4.69, 9.17) is 28.8 Å². The number of carbonyl (C=O) groups excluding carboxylic acids is 3. The Morgan fingerprint density at radius 1 is 0.526 bits per heavy atom. The van der Waals surface area contributed by atoms with E-state index >= 15 is 0 Å². The molecular formula is C47H88O10. The average Bonchev–Trinajstić information content (AvgIpc) is 3.12. The second-order valence-corrected chi connectivity index (χ2v) is 13.9. The highest BCUT2D eigenvalue weighted by molar-refractivity contribution is 5.90. The molecule has 0 aliphatic carbocycles. The number of benzene rings is 2. The number of carboxylic acid groups (broad SMARTS) is 1. The predicted octanol–water partition coefficient (Wildman–Crippen LogP) is 13.0. The number of carboxylic acids is 1. The third-order valence-electron chi connectivity index (χ3n) is 8.61. The number of unbranched alkanes of at least 4 members (excludes halogenated alkanes) is 1. The molecule has 1 N–H and O–H groups in total. The van der Waals surface area contributed by atoms with Gasteiger partial charge in [-0.1, -0.05) is 103 Å². The van der Waals surface area contributed by atoms with Gasteiger partial charge in [-0.2, -0.15) is 0 Å². The summed E-state index contributed by atoms with van der Waals surface area (Å²) < 4.78 is 26.5. The smallest absolute Gasteiger partial charge is 0.338 e. The minimum Gasteiger partial charge on any atom is -0.491 e. The van der Waals surface area contributed by atoms with E-state index in [1.165, 1.54) is 0 Å². The first-order valence-corrected chi connectivity index (χ1v) is 18.1. The molecule has 2 aromatic carbocycles. The number of esters is 3. The van der Waals surface area contributed by atoms with Crippen LogP contribution < -0.4 is 4.74 Å². The van der Waals surface area contributed by atoms with Gasteiger partial charge in [0.25, 0.3) is 0 Å². The Bertz CT molecular complexity index is 1300. The third kappa shape index (κ3) is 27.4. The molecule has 0 atom stereocenters. The van der Waals surface area contributed by atoms with Gasteiger partial charge in [-0.05, 0) is 110 Å². The maximum atomic E-state index is 12.0. The van der Waals surface area contributed by atoms with Crippen LogP contribution in [0.5, 0.6) is 5.75 Å². The van der Waals surface area contributed by atoms with Gasteiger partial charge in [0.2, 0.25) is 0 Å². The Labute approximate surface area is 350 Å². The first-order chi connectivity index (χ1) is 23.9. The summed E-state index contributed by atoms with van der Waals surface area (Å²) in [6.45, 7) is 23.0. The van der Waals surface area contributed by atoms with Crippen molar-refractivity contribution in [2.45, 2.75) is 153 Å². The SMILES string of the molecule is C.C.C.C.C.C.CCC(C)(C)C(=O)O.CCCCOC(=O)c1ccc(-c2ccc(OCCOCCOC(=O)C(C)(C)CC)cc2)cc1.CCOC(=O)C(C)(C)CC. The highest BCUT2D eigenvalue weighted by atomic mass is 16.6. The average molecular weight is 813 g/mol. The molecule has 10 nitrogen and oxygen atoms in total. The Hall–Kier alpha value is -3.92. The van der Waals surface area contributed by atoms with E-state index in [9.17, 15) is 19.2 Å². The molecule has 2 rings (SSSR count). The number of carbonyl (C=O) groups is 4. The van der Waals surface area contributed by atoms with Crippen LogP contribution in [0.25, 0.3) is 11.1 Å². The summed E-state index contributed by atoms with van der Waals surface area (Å²) in [6.07, 6.45) is 4.11. The molecule has 0 saturated carbocycles. The maximum absolute atomic E-state index is 12.0. The highest BCUT2D eigenvalue weighted by Gasteiger charge is 2.27. The molecule has 0 heterocycles. The van der Waals surface area contributed by atoms with E-state index in [0.717, 1.165) is 42.6 Å². The Morgan fingerprint density at radius 3 is 1.33 bits per heavy atom. The predicted molar refractivity (Wildman–Crippen MR) is 241 cm³/mol. The monoisotopic (exact) mass is 813 g/mol. The lowest BCUT2D eigenvalue weighted by Crippen LogP contribution is -2.27. The van der Waals surface area contributed by atoms with Crippen molar-refractivity contribution in [1.29, 1.82) is 0 Å². The van der Waals surface area contributed by atoms with E-state index in [1.54, 1.807) is 26.0 Å². The molecule has 0 spiro atoms. The molecule has 0 saturated heterocycles. The molecule has 0 aliphatic heterocycles. The molecule has 0 amide bonds. The zero-order valence-corrected chi connectivity index (χ0v) is 33.0. The Kier molecular flexibility index (Phi) is 41.9. The van der Waals surface area contributed by atoms with E-state index < -0.39 is 16.8 Å². The summed E-state index contributed by atoms with van der Waals surface area (Å²) in [5, 5.41) is 8.44. The van der Waals surface area contributed by atoms with Gasteiger partial charge in [-0.3, -0.25) is 14.4 Å². The lowest BCUT2D eigenvalue weighted by Gasteiger charge is -2.20. The van der Waals surface area contributed by atoms with Gasteiger partial charge in [0.15, 0.2) is 0 Å². The summed E-state index contributed by atoms with van der Waals surface area (Å²) in [5.41, 5.74) is 1.28. The first kappa shape index (κ1) is 67.8. The lowest BCUT2D eigenvalue weighted by molar-refractivity contribution is -0.156. The zero-order valence-electron chi connectivity index (χ0n) is 33.0. The van der Waals surface area contributed by atoms with Gasteiger partial charge in [0.1, 0.15) is 19.0 Å². The molecule has 0 aliphatic rings. The lowest BCUT2D eigenvalue weighted by atomic mass is 9.91. The summed E-state index contributed by atoms with van der Waals surface area (Å²) in [6, 6.07) is 15.1. The van der Waals surface area contributed by atoms with Crippen LogP contribution in [0, 0.1) is 16.2 Å². The van der Waals surface area contributed by atoms with Crippen LogP contribution in [0.4, 0.5) is 0 Å². The molecular weight excluding hydrogens is 725 g/mol. The minimum absolute atomic E-state index is 0. The quantitative estimate of drug-likeness (QED) is 0.0829. The second-order valence-electron chi connectivity index (χ2n) is 13.9. The summed E-state index contributed by atoms with van der Waals surface area (Å²) in [4.78, 5) is 45.2. The number of hydrogen-bond acceptors (Lipinski definition) is 9. The molecule has 0 fully saturated rings. The van der Waals surface area contributed by atoms with Crippen molar-refractivity contribution < 1.29 is 48.0 Å². The van der Waals surface area contributed by atoms with E-state index in [1.807, 2.05) is 91.8 Å². The molecule has 0 bridgehead atoms. The largest absolute Gasteiger partial charge is 0.491 e. The van der Waals surface area contributed by atoms with Crippen molar-refractivity contribution in [3.63, 3.8) is 0 Å². The van der Waals surface area contributed by atoms with Crippen molar-refractivity contribution in [3.05, 3.63) is 54.1 Å². The van der Waals surface area contributed by atoms with Crippen molar-refractivity contribution in [1.82, 2.24) is 0 Å². The maximum Gasteiger partial charge on any atom is 0.338 e. The molecule has 0 unspecified atom stereocenters. The van der Waals surface area contributed by atoms with Crippen molar-refractivity contribution in [3.8, 4) is 16.9 Å². The summed E-state index contributed by atoms with van der Waals surface area (Å²) in [5.74, 6) is -0.567. The van der Waals surface area contributed by atoms with E-state index in [-0.39, 0.29) is 74.5 Å². The highest BCUT2D eigenvalue weighted by Crippen LogP contribution is 2.24. The van der Waals surface area contributed by atoms with Gasteiger partial charge in [-0.15, -0.1) is 0 Å². The number of rotatable bonds is 19. The van der Waals surface area contributed by atoms with Crippen LogP contribution in [0.2, 0.25) is 0 Å². The minimum atomic E-state index is -0.722. The molecule has 336 valence electrons. The van der Waals surface area contributed by atoms with Crippen molar-refractivity contribution in [2.75, 3.05) is 39.6 Å². The Balaban J connectivity index is -0.000000175. The van der Waals surface area contributed by atoms with Crippen LogP contribution in [0.15, 0.2) is 48.5 Å². The fourth-order valence-corrected chi connectivity index (χ4v) is 3.41. The summed E-state index contributed by atoms with van der Waals surface area (Å²) in [7, 11) is 0. The number of aliphatic carboxylic acids is 1. The number of hydrogen-bond donors (Lipinski definition) is 1. The van der Waals surface area contributed by atoms with Gasteiger partial charge >= 0.3 is 23.9 Å². The topological polar surface area (TPSA) is 135 Å². The van der Waals surface area contributed by atoms with Gasteiger partial charge in [0, 0.05) is 0 Å². The molecule has 2 aromatic rings. The third-order valence-corrected chi connectivity index (χ3v) is 8.61. The molecule has 0 radical (unpaired) electrons. The molecule has 0 aromatic heterocycles. The van der Waals surface area contributed by atoms with Crippen LogP contribution in [0.3, 0.4) is 0 Å². The molecule has 57 heavy (non-hydrogen) atoms. The van der Waals surface area contributed by atoms with Crippen molar-refractivity contribution >= 4 is 23.9 Å². The van der Waals surface area contributed by atoms with Gasteiger partial charge in [0.05, 0.1) is 48.2 Å². The zero-order chi connectivity index (χ0) is 39.1. The van der Waals surface area contributed by atoms with Crippen LogP contribution in [-0.2, 0) is 33.3 Å². The first-order valence-electron chi connectivity index (χ1n) is 18.1. The van der Waals surface area contributed by atoms with Gasteiger partial charge < -0.3 is 28.8 Å². The normalized spacial score (nSPS) is 10.0. The Morgan fingerprint density at radius 2 is 0.947 bits per heavy atom. The van der Waals surface area contributed by atoms with Crippen LogP contribution in [0.1, 0.15) is 163 Å². The molecule has 10 heteroatoms. The standard InChI is InChI=1S/C27H36O6.C8H16O2.C6H12O2.6CH4/c1-5-7-16-32-25(28)23-10-8-21(9-11-23)22-12-14-24(15-13-22)31-19-17-30-18-20-33-26(29)27(3,4)6-2;1-5-8(3,4)7(9)10-6-2;1-4-6(2,3)5(7)8;;;;;;/h8-15H,5-7,16-20H2,1-4H3;5-6H2,1-4H3;4H2,1-3H3,(H,7,8);6*1H4. The fraction of sp³-hybridized carbons (Fsp3) is 0.660. The number of ether oxygens (including phenoxy) is 5. The summed E-state index contributed by atoms with van der Waals surface area (Å²) >= 11 is 0. The van der Waals surface area contributed by atoms with Crippen LogP contribution >= 0.6 is 0 Å². The van der Waals surface area contributed by atoms with Crippen LogP contribution in [-0.4, -0.2) is 68.6 Å². The van der Waals surface area contributed by atoms with E-state index in [2.05, 4.69) is 6.92 Å². The van der Waals surface area contributed by atoms with Crippen molar-refractivity contribution in [2.24, 2.45) is 16.2 Å². The second kappa shape index (κ2) is 35.3. The van der Waals surface area contributed by atoms with E-state index in [0.29, 0.717) is 45.0 Å². The fourth-order valence-electron chi connectivity index (χ4n) is 3.41. The van der Waals surface area contributed by atoms with Gasteiger partial charge in [-0.25, -0.2) is 4.79 Å².